The molecular formula is C13H14BrNO3. The number of halogens is 1. The summed E-state index contributed by atoms with van der Waals surface area (Å²) in [5, 5.41) is 12.7. The molecule has 1 amide bonds. The minimum absolute atomic E-state index is 0.207. The molecule has 0 aliphatic rings. The highest BCUT2D eigenvalue weighted by Gasteiger charge is 2.17. The highest BCUT2D eigenvalue weighted by Crippen LogP contribution is 2.27. The van der Waals surface area contributed by atoms with Crippen LogP contribution >= 0.6 is 15.9 Å². The number of benzene rings is 1. The fraction of sp³-hybridized carbons (Fsp3) is 0.308. The maximum absolute atomic E-state index is 11.9. The van der Waals surface area contributed by atoms with Gasteiger partial charge in [0.1, 0.15) is 5.58 Å². The summed E-state index contributed by atoms with van der Waals surface area (Å²) in [7, 11) is 0. The van der Waals surface area contributed by atoms with Crippen LogP contribution in [-0.2, 0) is 0 Å². The van der Waals surface area contributed by atoms with Gasteiger partial charge in [-0.25, -0.2) is 0 Å². The third-order valence-electron chi connectivity index (χ3n) is 2.66. The Bertz CT molecular complexity index is 589. The first kappa shape index (κ1) is 13.1. The van der Waals surface area contributed by atoms with Crippen molar-refractivity contribution in [1.82, 2.24) is 5.32 Å². The SMILES string of the molecule is Cc1c(C(=O)NCC(C)O)oc2ccc(Br)cc12. The summed E-state index contributed by atoms with van der Waals surface area (Å²) < 4.78 is 6.47. The molecule has 1 aromatic carbocycles. The van der Waals surface area contributed by atoms with Crippen molar-refractivity contribution in [2.45, 2.75) is 20.0 Å². The van der Waals surface area contributed by atoms with Gasteiger partial charge in [-0.15, -0.1) is 0 Å². The van der Waals surface area contributed by atoms with Crippen LogP contribution in [0.5, 0.6) is 0 Å². The predicted molar refractivity (Wildman–Crippen MR) is 72.7 cm³/mol. The van der Waals surface area contributed by atoms with Gasteiger partial charge in [0.05, 0.1) is 6.10 Å². The Morgan fingerprint density at radius 3 is 2.94 bits per heavy atom. The molecule has 18 heavy (non-hydrogen) atoms. The second-order valence-corrected chi connectivity index (χ2v) is 5.17. The van der Waals surface area contributed by atoms with Gasteiger partial charge < -0.3 is 14.8 Å². The number of hydrogen-bond donors (Lipinski definition) is 2. The Hall–Kier alpha value is -1.33. The number of amides is 1. The fourth-order valence-corrected chi connectivity index (χ4v) is 2.09. The summed E-state index contributed by atoms with van der Waals surface area (Å²) in [5.74, 6) is -0.00975. The van der Waals surface area contributed by atoms with Crippen LogP contribution in [0.25, 0.3) is 11.0 Å². The van der Waals surface area contributed by atoms with Crippen LogP contribution in [0.1, 0.15) is 23.0 Å². The van der Waals surface area contributed by atoms with E-state index in [0.717, 1.165) is 15.4 Å². The number of carbonyl (C=O) groups is 1. The Balaban J connectivity index is 2.34. The summed E-state index contributed by atoms with van der Waals surface area (Å²) in [6.45, 7) is 3.66. The standard InChI is InChI=1S/C13H14BrNO3/c1-7(16)6-15-13(17)12-8(2)10-5-9(14)3-4-11(10)18-12/h3-5,7,16H,6H2,1-2H3,(H,15,17). The van der Waals surface area contributed by atoms with E-state index in [4.69, 9.17) is 9.52 Å². The number of furan rings is 1. The van der Waals surface area contributed by atoms with E-state index < -0.39 is 6.10 Å². The molecule has 0 fully saturated rings. The molecule has 1 atom stereocenters. The monoisotopic (exact) mass is 311 g/mol. The van der Waals surface area contributed by atoms with Gasteiger partial charge in [0.25, 0.3) is 5.91 Å². The van der Waals surface area contributed by atoms with Crippen LogP contribution in [0, 0.1) is 6.92 Å². The third-order valence-corrected chi connectivity index (χ3v) is 3.16. The molecule has 0 spiro atoms. The van der Waals surface area contributed by atoms with E-state index in [1.807, 2.05) is 25.1 Å². The first-order chi connectivity index (χ1) is 8.49. The molecule has 0 aliphatic carbocycles. The maximum atomic E-state index is 11.9. The van der Waals surface area contributed by atoms with Crippen molar-refractivity contribution in [1.29, 1.82) is 0 Å². The highest BCUT2D eigenvalue weighted by molar-refractivity contribution is 9.10. The Kier molecular flexibility index (Phi) is 3.73. The predicted octanol–water partition coefficient (Wildman–Crippen LogP) is 2.61. The zero-order chi connectivity index (χ0) is 13.3. The lowest BCUT2D eigenvalue weighted by molar-refractivity contribution is 0.0898. The number of hydrogen-bond acceptors (Lipinski definition) is 3. The molecule has 0 radical (unpaired) electrons. The lowest BCUT2D eigenvalue weighted by Gasteiger charge is -2.05. The highest BCUT2D eigenvalue weighted by atomic mass is 79.9. The van der Waals surface area contributed by atoms with E-state index in [2.05, 4.69) is 21.2 Å². The van der Waals surface area contributed by atoms with Crippen molar-refractivity contribution in [3.8, 4) is 0 Å². The molecule has 1 heterocycles. The van der Waals surface area contributed by atoms with Crippen molar-refractivity contribution in [3.05, 3.63) is 34.0 Å². The molecule has 0 bridgehead atoms. The van der Waals surface area contributed by atoms with E-state index in [9.17, 15) is 4.79 Å². The van der Waals surface area contributed by atoms with Gasteiger partial charge in [-0.2, -0.15) is 0 Å². The zero-order valence-corrected chi connectivity index (χ0v) is 11.7. The minimum atomic E-state index is -0.576. The van der Waals surface area contributed by atoms with E-state index >= 15 is 0 Å². The van der Waals surface area contributed by atoms with Crippen LogP contribution in [0.4, 0.5) is 0 Å². The van der Waals surface area contributed by atoms with Crippen molar-refractivity contribution >= 4 is 32.8 Å². The molecule has 0 saturated heterocycles. The average molecular weight is 312 g/mol. The molecule has 96 valence electrons. The van der Waals surface area contributed by atoms with E-state index in [1.165, 1.54) is 0 Å². The second kappa shape index (κ2) is 5.12. The third kappa shape index (κ3) is 2.57. The number of carbonyl (C=O) groups excluding carboxylic acids is 1. The summed E-state index contributed by atoms with van der Waals surface area (Å²) in [6, 6.07) is 5.60. The average Bonchev–Trinajstić information content (AvgIpc) is 2.64. The number of aryl methyl sites for hydroxylation is 1. The second-order valence-electron chi connectivity index (χ2n) is 4.26. The van der Waals surface area contributed by atoms with Gasteiger partial charge >= 0.3 is 0 Å². The van der Waals surface area contributed by atoms with Crippen molar-refractivity contribution < 1.29 is 14.3 Å². The minimum Gasteiger partial charge on any atom is -0.451 e. The first-order valence-electron chi connectivity index (χ1n) is 5.64. The molecule has 2 N–H and O–H groups in total. The van der Waals surface area contributed by atoms with Gasteiger partial charge in [-0.1, -0.05) is 15.9 Å². The molecule has 1 aromatic heterocycles. The lowest BCUT2D eigenvalue weighted by Crippen LogP contribution is -2.30. The number of aliphatic hydroxyl groups is 1. The molecule has 4 nitrogen and oxygen atoms in total. The zero-order valence-electron chi connectivity index (χ0n) is 10.2. The van der Waals surface area contributed by atoms with Crippen LogP contribution in [-0.4, -0.2) is 23.7 Å². The molecular weight excluding hydrogens is 298 g/mol. The van der Waals surface area contributed by atoms with E-state index in [-0.39, 0.29) is 12.5 Å². The Labute approximate surface area is 113 Å². The van der Waals surface area contributed by atoms with Crippen LogP contribution in [0.3, 0.4) is 0 Å². The molecule has 5 heteroatoms. The molecule has 2 rings (SSSR count). The van der Waals surface area contributed by atoms with Gasteiger partial charge in [-0.3, -0.25) is 4.79 Å². The van der Waals surface area contributed by atoms with Crippen LogP contribution in [0.2, 0.25) is 0 Å². The smallest absolute Gasteiger partial charge is 0.287 e. The van der Waals surface area contributed by atoms with Crippen molar-refractivity contribution in [2.24, 2.45) is 0 Å². The van der Waals surface area contributed by atoms with Crippen LogP contribution in [0.15, 0.2) is 27.1 Å². The topological polar surface area (TPSA) is 62.5 Å². The van der Waals surface area contributed by atoms with Crippen molar-refractivity contribution in [3.63, 3.8) is 0 Å². The Morgan fingerprint density at radius 2 is 2.28 bits per heavy atom. The maximum Gasteiger partial charge on any atom is 0.287 e. The number of aliphatic hydroxyl groups excluding tert-OH is 1. The summed E-state index contributed by atoms with van der Waals surface area (Å²) >= 11 is 3.39. The lowest BCUT2D eigenvalue weighted by atomic mass is 10.1. The van der Waals surface area contributed by atoms with Gasteiger partial charge in [0.2, 0.25) is 0 Å². The van der Waals surface area contributed by atoms with Gasteiger partial charge in [-0.05, 0) is 32.0 Å². The van der Waals surface area contributed by atoms with Gasteiger partial charge in [0.15, 0.2) is 5.76 Å². The molecule has 2 aromatic rings. The number of nitrogens with one attached hydrogen (secondary N) is 1. The summed E-state index contributed by atoms with van der Waals surface area (Å²) in [5.41, 5.74) is 1.48. The summed E-state index contributed by atoms with van der Waals surface area (Å²) in [4.78, 5) is 11.9. The first-order valence-corrected chi connectivity index (χ1v) is 6.43. The largest absolute Gasteiger partial charge is 0.451 e. The molecule has 0 aliphatic heterocycles. The fourth-order valence-electron chi connectivity index (χ4n) is 1.73. The van der Waals surface area contributed by atoms with Crippen molar-refractivity contribution in [2.75, 3.05) is 6.54 Å². The van der Waals surface area contributed by atoms with Crippen LogP contribution < -0.4 is 5.32 Å². The normalized spacial score (nSPS) is 12.7. The number of fused-ring (bicyclic) bond motifs is 1. The van der Waals surface area contributed by atoms with E-state index in [1.54, 1.807) is 6.92 Å². The quantitative estimate of drug-likeness (QED) is 0.916. The van der Waals surface area contributed by atoms with E-state index in [0.29, 0.717) is 11.3 Å². The Morgan fingerprint density at radius 1 is 1.56 bits per heavy atom. The molecule has 0 saturated carbocycles. The summed E-state index contributed by atoms with van der Waals surface area (Å²) in [6.07, 6.45) is -0.576. The van der Waals surface area contributed by atoms with Gasteiger partial charge in [0, 0.05) is 22.0 Å². The molecule has 1 unspecified atom stereocenters. The number of rotatable bonds is 3.